The maximum absolute atomic E-state index is 13.6. The van der Waals surface area contributed by atoms with Crippen LogP contribution in [0.4, 0.5) is 18.9 Å². The van der Waals surface area contributed by atoms with Crippen LogP contribution in [-0.2, 0) is 9.59 Å². The second-order valence-corrected chi connectivity index (χ2v) is 9.66. The third-order valence-electron chi connectivity index (χ3n) is 7.49. The van der Waals surface area contributed by atoms with E-state index in [4.69, 9.17) is 0 Å². The molecule has 3 unspecified atom stereocenters. The molecule has 2 aliphatic rings. The lowest BCUT2D eigenvalue weighted by Crippen LogP contribution is -2.47. The SMILES string of the molecule is CC1c2[nH]c3ccccc3c2C(c2ccccc2)CN1C1CC(=O)N(c2ccc(OC(F)(F)F)cc2)C1=O. The van der Waals surface area contributed by atoms with Crippen molar-refractivity contribution in [2.75, 3.05) is 11.4 Å². The maximum Gasteiger partial charge on any atom is 0.573 e. The van der Waals surface area contributed by atoms with E-state index in [0.717, 1.165) is 39.2 Å². The molecule has 0 radical (unpaired) electrons. The standard InChI is InChI=1S/C29H24F3N3O3/c1-17-27-26(21-9-5-6-10-23(21)33-27)22(18-7-3-2-4-8-18)16-34(17)24-15-25(36)35(28(24)37)19-11-13-20(14-12-19)38-29(30,31)32/h2-14,17,22,24,33H,15-16H2,1H3. The Morgan fingerprint density at radius 3 is 2.32 bits per heavy atom. The Balaban J connectivity index is 1.34. The van der Waals surface area contributed by atoms with Crippen LogP contribution in [0.25, 0.3) is 10.9 Å². The van der Waals surface area contributed by atoms with Crippen LogP contribution in [0, 0.1) is 0 Å². The smallest absolute Gasteiger partial charge is 0.406 e. The number of nitrogens with one attached hydrogen (secondary N) is 1. The van der Waals surface area contributed by atoms with E-state index in [1.54, 1.807) is 0 Å². The number of hydrogen-bond acceptors (Lipinski definition) is 4. The highest BCUT2D eigenvalue weighted by atomic mass is 19.4. The molecular formula is C29H24F3N3O3. The van der Waals surface area contributed by atoms with E-state index in [2.05, 4.69) is 32.8 Å². The highest BCUT2D eigenvalue weighted by molar-refractivity contribution is 6.22. The monoisotopic (exact) mass is 519 g/mol. The number of H-pyrrole nitrogens is 1. The van der Waals surface area contributed by atoms with Gasteiger partial charge in [-0.3, -0.25) is 14.5 Å². The molecule has 1 aromatic heterocycles. The largest absolute Gasteiger partial charge is 0.573 e. The van der Waals surface area contributed by atoms with Crippen molar-refractivity contribution in [1.82, 2.24) is 9.88 Å². The van der Waals surface area contributed by atoms with E-state index in [1.165, 1.54) is 17.7 Å². The molecule has 0 aliphatic carbocycles. The molecule has 0 bridgehead atoms. The van der Waals surface area contributed by atoms with Gasteiger partial charge in [-0.2, -0.15) is 0 Å². The number of anilines is 1. The van der Waals surface area contributed by atoms with Crippen LogP contribution in [-0.4, -0.2) is 40.6 Å². The van der Waals surface area contributed by atoms with Crippen LogP contribution in [0.2, 0.25) is 0 Å². The number of alkyl halides is 3. The summed E-state index contributed by atoms with van der Waals surface area (Å²) in [6, 6.07) is 22.1. The zero-order valence-electron chi connectivity index (χ0n) is 20.4. The quantitative estimate of drug-likeness (QED) is 0.341. The van der Waals surface area contributed by atoms with Crippen LogP contribution in [0.15, 0.2) is 78.9 Å². The molecule has 3 atom stereocenters. The molecule has 194 valence electrons. The van der Waals surface area contributed by atoms with Crippen molar-refractivity contribution in [2.24, 2.45) is 0 Å². The molecule has 1 saturated heterocycles. The van der Waals surface area contributed by atoms with Crippen LogP contribution < -0.4 is 9.64 Å². The molecule has 3 aromatic carbocycles. The van der Waals surface area contributed by atoms with Gasteiger partial charge in [0.1, 0.15) is 5.75 Å². The van der Waals surface area contributed by atoms with Crippen molar-refractivity contribution < 1.29 is 27.5 Å². The zero-order valence-corrected chi connectivity index (χ0v) is 20.4. The minimum absolute atomic E-state index is 0.0128. The minimum atomic E-state index is -4.83. The van der Waals surface area contributed by atoms with Gasteiger partial charge < -0.3 is 9.72 Å². The van der Waals surface area contributed by atoms with Crippen LogP contribution in [0.1, 0.15) is 42.1 Å². The summed E-state index contributed by atoms with van der Waals surface area (Å²) in [6.07, 6.45) is -4.84. The number of aromatic nitrogens is 1. The van der Waals surface area contributed by atoms with Gasteiger partial charge in [0.15, 0.2) is 0 Å². The van der Waals surface area contributed by atoms with E-state index in [9.17, 15) is 22.8 Å². The Morgan fingerprint density at radius 2 is 1.61 bits per heavy atom. The van der Waals surface area contributed by atoms with Crippen LogP contribution in [0.3, 0.4) is 0 Å². The van der Waals surface area contributed by atoms with E-state index in [0.29, 0.717) is 6.54 Å². The van der Waals surface area contributed by atoms with Crippen molar-refractivity contribution in [3.05, 3.63) is 95.7 Å². The fourth-order valence-electron chi connectivity index (χ4n) is 5.81. The number of fused-ring (bicyclic) bond motifs is 3. The van der Waals surface area contributed by atoms with Crippen LogP contribution in [0.5, 0.6) is 5.75 Å². The molecule has 9 heteroatoms. The van der Waals surface area contributed by atoms with Crippen molar-refractivity contribution in [1.29, 1.82) is 0 Å². The molecule has 1 fully saturated rings. The topological polar surface area (TPSA) is 65.6 Å². The van der Waals surface area contributed by atoms with Gasteiger partial charge in [0.05, 0.1) is 18.2 Å². The number of benzene rings is 3. The number of rotatable bonds is 4. The molecular weight excluding hydrogens is 495 g/mol. The Morgan fingerprint density at radius 1 is 0.921 bits per heavy atom. The third-order valence-corrected chi connectivity index (χ3v) is 7.49. The molecule has 6 nitrogen and oxygen atoms in total. The second-order valence-electron chi connectivity index (χ2n) is 9.66. The summed E-state index contributed by atoms with van der Waals surface area (Å²) in [7, 11) is 0. The predicted molar refractivity (Wildman–Crippen MR) is 136 cm³/mol. The first-order chi connectivity index (χ1) is 18.2. The first-order valence-electron chi connectivity index (χ1n) is 12.3. The van der Waals surface area contributed by atoms with Gasteiger partial charge in [0.25, 0.3) is 5.91 Å². The fraction of sp³-hybridized carbons (Fsp3) is 0.241. The van der Waals surface area contributed by atoms with Gasteiger partial charge >= 0.3 is 6.36 Å². The number of carbonyl (C=O) groups is 2. The van der Waals surface area contributed by atoms with Gasteiger partial charge in [-0.25, -0.2) is 4.90 Å². The Bertz CT molecular complexity index is 1520. The van der Waals surface area contributed by atoms with Crippen molar-refractivity contribution in [3.8, 4) is 5.75 Å². The first-order valence-corrected chi connectivity index (χ1v) is 12.3. The molecule has 2 amide bonds. The Kier molecular flexibility index (Phi) is 5.75. The van der Waals surface area contributed by atoms with Gasteiger partial charge in [0.2, 0.25) is 5.91 Å². The summed E-state index contributed by atoms with van der Waals surface area (Å²) in [4.78, 5) is 33.4. The molecule has 0 spiro atoms. The lowest BCUT2D eigenvalue weighted by atomic mass is 9.83. The number of halogens is 3. The summed E-state index contributed by atoms with van der Waals surface area (Å²) in [5.74, 6) is -1.22. The van der Waals surface area contributed by atoms with E-state index in [1.807, 2.05) is 43.3 Å². The van der Waals surface area contributed by atoms with E-state index in [-0.39, 0.29) is 24.1 Å². The summed E-state index contributed by atoms with van der Waals surface area (Å²) < 4.78 is 41.5. The van der Waals surface area contributed by atoms with Crippen LogP contribution >= 0.6 is 0 Å². The molecule has 1 N–H and O–H groups in total. The van der Waals surface area contributed by atoms with Gasteiger partial charge in [-0.05, 0) is 48.4 Å². The third kappa shape index (κ3) is 4.12. The molecule has 3 heterocycles. The Hall–Kier alpha value is -4.11. The second kappa shape index (κ2) is 9.02. The normalized spacial score (nSPS) is 22.2. The first kappa shape index (κ1) is 24.2. The molecule has 38 heavy (non-hydrogen) atoms. The molecule has 4 aromatic rings. The van der Waals surface area contributed by atoms with Crippen molar-refractivity contribution in [2.45, 2.75) is 37.7 Å². The number of hydrogen-bond donors (Lipinski definition) is 1. The number of amides is 2. The molecule has 2 aliphatic heterocycles. The number of carbonyl (C=O) groups excluding carboxylic acids is 2. The predicted octanol–water partition coefficient (Wildman–Crippen LogP) is 5.91. The van der Waals surface area contributed by atoms with Gasteiger partial charge in [-0.15, -0.1) is 13.2 Å². The number of ether oxygens (including phenoxy) is 1. The summed E-state index contributed by atoms with van der Waals surface area (Å²) in [5, 5.41) is 1.14. The minimum Gasteiger partial charge on any atom is -0.406 e. The summed E-state index contributed by atoms with van der Waals surface area (Å²) >= 11 is 0. The lowest BCUT2D eigenvalue weighted by Gasteiger charge is -2.40. The average molecular weight is 520 g/mol. The highest BCUT2D eigenvalue weighted by Gasteiger charge is 2.47. The summed E-state index contributed by atoms with van der Waals surface area (Å²) in [6.45, 7) is 2.56. The summed E-state index contributed by atoms with van der Waals surface area (Å²) in [5.41, 5.74) is 4.56. The molecule has 0 saturated carbocycles. The lowest BCUT2D eigenvalue weighted by molar-refractivity contribution is -0.274. The van der Waals surface area contributed by atoms with E-state index >= 15 is 0 Å². The van der Waals surface area contributed by atoms with Gasteiger partial charge in [-0.1, -0.05) is 48.5 Å². The maximum atomic E-state index is 13.6. The average Bonchev–Trinajstić information content (AvgIpc) is 3.42. The van der Waals surface area contributed by atoms with Gasteiger partial charge in [0, 0.05) is 35.1 Å². The fourth-order valence-corrected chi connectivity index (χ4v) is 5.81. The highest BCUT2D eigenvalue weighted by Crippen LogP contribution is 2.45. The van der Waals surface area contributed by atoms with Crippen molar-refractivity contribution in [3.63, 3.8) is 0 Å². The molecule has 6 rings (SSSR count). The number of imide groups is 1. The Labute approximate surface area is 216 Å². The number of para-hydroxylation sites is 1. The zero-order chi connectivity index (χ0) is 26.6. The van der Waals surface area contributed by atoms with Crippen molar-refractivity contribution >= 4 is 28.4 Å². The number of aromatic amines is 1. The number of nitrogens with zero attached hydrogens (tertiary/aromatic N) is 2. The van der Waals surface area contributed by atoms with E-state index < -0.39 is 30.0 Å².